The van der Waals surface area contributed by atoms with Crippen LogP contribution >= 0.6 is 0 Å². The molecule has 0 radical (unpaired) electrons. The van der Waals surface area contributed by atoms with Crippen LogP contribution in [0.4, 0.5) is 0 Å². The molecule has 1 aliphatic rings. The Morgan fingerprint density at radius 2 is 1.60 bits per heavy atom. The first-order valence-electron chi connectivity index (χ1n) is 5.87. The standard InChI is InChI=1S/C15H10O5/c1-20-11-5-4-9-12(15(11)19)14(18)8-3-2-7(16)6-10(8)13(9)17/h2-6,16,19H,1H3. The summed E-state index contributed by atoms with van der Waals surface area (Å²) in [6.07, 6.45) is 0. The fourth-order valence-corrected chi connectivity index (χ4v) is 2.35. The molecule has 2 aromatic rings. The summed E-state index contributed by atoms with van der Waals surface area (Å²) < 4.78 is 4.95. The summed E-state index contributed by atoms with van der Waals surface area (Å²) in [5, 5.41) is 19.5. The van der Waals surface area contributed by atoms with Crippen LogP contribution < -0.4 is 4.74 Å². The first-order valence-corrected chi connectivity index (χ1v) is 5.87. The van der Waals surface area contributed by atoms with Gasteiger partial charge in [0.2, 0.25) is 0 Å². The molecule has 0 aromatic heterocycles. The van der Waals surface area contributed by atoms with E-state index in [1.165, 1.54) is 37.4 Å². The molecule has 0 bridgehead atoms. The van der Waals surface area contributed by atoms with Gasteiger partial charge >= 0.3 is 0 Å². The van der Waals surface area contributed by atoms with Gasteiger partial charge in [0, 0.05) is 16.7 Å². The fraction of sp³-hybridized carbons (Fsp3) is 0.0667. The second-order valence-corrected chi connectivity index (χ2v) is 4.43. The number of fused-ring (bicyclic) bond motifs is 2. The van der Waals surface area contributed by atoms with Crippen LogP contribution in [0.2, 0.25) is 0 Å². The smallest absolute Gasteiger partial charge is 0.198 e. The van der Waals surface area contributed by atoms with Crippen molar-refractivity contribution in [3.63, 3.8) is 0 Å². The van der Waals surface area contributed by atoms with Crippen LogP contribution in [0.25, 0.3) is 0 Å². The number of hydrogen-bond acceptors (Lipinski definition) is 5. The number of aromatic hydroxyl groups is 2. The normalized spacial score (nSPS) is 12.8. The second-order valence-electron chi connectivity index (χ2n) is 4.43. The summed E-state index contributed by atoms with van der Waals surface area (Å²) in [6.45, 7) is 0. The third-order valence-electron chi connectivity index (χ3n) is 3.32. The Labute approximate surface area is 114 Å². The number of carbonyl (C=O) groups excluding carboxylic acids is 2. The summed E-state index contributed by atoms with van der Waals surface area (Å²) in [5.41, 5.74) is 0.329. The SMILES string of the molecule is COc1ccc2c(c1O)C(=O)c1ccc(O)cc1C2=O. The van der Waals surface area contributed by atoms with E-state index in [9.17, 15) is 19.8 Å². The van der Waals surface area contributed by atoms with Crippen molar-refractivity contribution in [2.24, 2.45) is 0 Å². The molecule has 0 unspecified atom stereocenters. The Kier molecular flexibility index (Phi) is 2.50. The van der Waals surface area contributed by atoms with Gasteiger partial charge in [-0.2, -0.15) is 0 Å². The number of benzene rings is 2. The minimum Gasteiger partial charge on any atom is -0.508 e. The number of ketones is 2. The molecule has 20 heavy (non-hydrogen) atoms. The van der Waals surface area contributed by atoms with E-state index in [1.807, 2.05) is 0 Å². The van der Waals surface area contributed by atoms with Gasteiger partial charge in [0.05, 0.1) is 12.7 Å². The Bertz CT molecular complexity index is 761. The molecular formula is C15H10O5. The molecule has 0 saturated heterocycles. The highest BCUT2D eigenvalue weighted by molar-refractivity contribution is 6.29. The molecule has 0 saturated carbocycles. The molecule has 2 N–H and O–H groups in total. The van der Waals surface area contributed by atoms with Gasteiger partial charge in [0.15, 0.2) is 23.1 Å². The highest BCUT2D eigenvalue weighted by atomic mass is 16.5. The van der Waals surface area contributed by atoms with Gasteiger partial charge in [-0.15, -0.1) is 0 Å². The van der Waals surface area contributed by atoms with Gasteiger partial charge in [-0.05, 0) is 30.3 Å². The Morgan fingerprint density at radius 1 is 0.900 bits per heavy atom. The minimum atomic E-state index is -0.467. The van der Waals surface area contributed by atoms with Crippen molar-refractivity contribution in [3.05, 3.63) is 52.6 Å². The number of phenolic OH excluding ortho intramolecular Hbond substituents is 2. The lowest BCUT2D eigenvalue weighted by atomic mass is 9.83. The van der Waals surface area contributed by atoms with Crippen molar-refractivity contribution >= 4 is 11.6 Å². The summed E-state index contributed by atoms with van der Waals surface area (Å²) in [5.74, 6) is -1.19. The van der Waals surface area contributed by atoms with Crippen molar-refractivity contribution < 1.29 is 24.5 Å². The van der Waals surface area contributed by atoms with Crippen LogP contribution in [0.3, 0.4) is 0 Å². The van der Waals surface area contributed by atoms with Crippen molar-refractivity contribution in [1.82, 2.24) is 0 Å². The zero-order valence-corrected chi connectivity index (χ0v) is 10.5. The second kappa shape index (κ2) is 4.09. The molecule has 2 aromatic carbocycles. The van der Waals surface area contributed by atoms with Crippen LogP contribution in [0, 0.1) is 0 Å². The third-order valence-corrected chi connectivity index (χ3v) is 3.32. The summed E-state index contributed by atoms with van der Waals surface area (Å²) in [4.78, 5) is 24.7. The maximum Gasteiger partial charge on any atom is 0.198 e. The molecule has 0 atom stereocenters. The highest BCUT2D eigenvalue weighted by Crippen LogP contribution is 2.38. The summed E-state index contributed by atoms with van der Waals surface area (Å²) in [7, 11) is 1.36. The van der Waals surface area contributed by atoms with Gasteiger partial charge in [-0.1, -0.05) is 0 Å². The predicted molar refractivity (Wildman–Crippen MR) is 69.6 cm³/mol. The lowest BCUT2D eigenvalue weighted by molar-refractivity contribution is 0.0976. The summed E-state index contributed by atoms with van der Waals surface area (Å²) in [6, 6.07) is 6.80. The van der Waals surface area contributed by atoms with Gasteiger partial charge in [-0.25, -0.2) is 0 Å². The number of hydrogen-bond donors (Lipinski definition) is 2. The van der Waals surface area contributed by atoms with Gasteiger partial charge < -0.3 is 14.9 Å². The van der Waals surface area contributed by atoms with Gasteiger partial charge in [-0.3, -0.25) is 9.59 Å². The van der Waals surface area contributed by atoms with E-state index in [0.717, 1.165) is 0 Å². The van der Waals surface area contributed by atoms with Crippen molar-refractivity contribution in [2.45, 2.75) is 0 Å². The molecule has 1 aliphatic carbocycles. The zero-order chi connectivity index (χ0) is 14.4. The van der Waals surface area contributed by atoms with E-state index in [4.69, 9.17) is 4.74 Å². The van der Waals surface area contributed by atoms with Gasteiger partial charge in [0.25, 0.3) is 0 Å². The van der Waals surface area contributed by atoms with E-state index in [2.05, 4.69) is 0 Å². The number of phenols is 2. The number of methoxy groups -OCH3 is 1. The Morgan fingerprint density at radius 3 is 2.30 bits per heavy atom. The van der Waals surface area contributed by atoms with E-state index in [1.54, 1.807) is 0 Å². The molecule has 5 heteroatoms. The molecule has 5 nitrogen and oxygen atoms in total. The number of ether oxygens (including phenoxy) is 1. The molecule has 100 valence electrons. The Hall–Kier alpha value is -2.82. The molecule has 0 amide bonds. The average Bonchev–Trinajstić information content (AvgIpc) is 2.44. The summed E-state index contributed by atoms with van der Waals surface area (Å²) >= 11 is 0. The quantitative estimate of drug-likeness (QED) is 0.705. The monoisotopic (exact) mass is 270 g/mol. The largest absolute Gasteiger partial charge is 0.508 e. The van der Waals surface area contributed by atoms with Crippen LogP contribution in [0.5, 0.6) is 17.2 Å². The molecule has 0 fully saturated rings. The van der Waals surface area contributed by atoms with E-state index < -0.39 is 11.6 Å². The number of carbonyl (C=O) groups is 2. The van der Waals surface area contributed by atoms with E-state index in [0.29, 0.717) is 0 Å². The lowest BCUT2D eigenvalue weighted by Gasteiger charge is -2.19. The van der Waals surface area contributed by atoms with Crippen LogP contribution in [-0.2, 0) is 0 Å². The maximum atomic E-state index is 12.4. The third kappa shape index (κ3) is 1.50. The van der Waals surface area contributed by atoms with Gasteiger partial charge in [0.1, 0.15) is 5.75 Å². The number of rotatable bonds is 1. The first kappa shape index (κ1) is 12.2. The van der Waals surface area contributed by atoms with Crippen LogP contribution in [0.15, 0.2) is 30.3 Å². The lowest BCUT2D eigenvalue weighted by Crippen LogP contribution is -2.21. The maximum absolute atomic E-state index is 12.4. The first-order chi connectivity index (χ1) is 9.54. The molecule has 0 spiro atoms. The van der Waals surface area contributed by atoms with Crippen molar-refractivity contribution in [2.75, 3.05) is 7.11 Å². The van der Waals surface area contributed by atoms with Crippen molar-refractivity contribution in [1.29, 1.82) is 0 Å². The molecule has 0 aliphatic heterocycles. The topological polar surface area (TPSA) is 83.8 Å². The van der Waals surface area contributed by atoms with Crippen LogP contribution in [-0.4, -0.2) is 28.9 Å². The highest BCUT2D eigenvalue weighted by Gasteiger charge is 2.33. The Balaban J connectivity index is 2.32. The zero-order valence-electron chi connectivity index (χ0n) is 10.5. The average molecular weight is 270 g/mol. The van der Waals surface area contributed by atoms with Crippen molar-refractivity contribution in [3.8, 4) is 17.2 Å². The molecule has 0 heterocycles. The minimum absolute atomic E-state index is 0.0625. The van der Waals surface area contributed by atoms with E-state index >= 15 is 0 Å². The molecular weight excluding hydrogens is 260 g/mol. The predicted octanol–water partition coefficient (Wildman–Crippen LogP) is 1.88. The fourth-order valence-electron chi connectivity index (χ4n) is 2.35. The van der Waals surface area contributed by atoms with E-state index in [-0.39, 0.29) is 39.5 Å². The van der Waals surface area contributed by atoms with Crippen LogP contribution in [0.1, 0.15) is 31.8 Å². The molecule has 3 rings (SSSR count).